The molecule has 0 fully saturated rings. The molecule has 4 aromatic rings. The van der Waals surface area contributed by atoms with Crippen molar-refractivity contribution in [3.63, 3.8) is 0 Å². The summed E-state index contributed by atoms with van der Waals surface area (Å²) in [5.74, 6) is -0.691. The first kappa shape index (κ1) is 23.6. The van der Waals surface area contributed by atoms with Gasteiger partial charge in [-0.1, -0.05) is 18.2 Å². The largest absolute Gasteiger partial charge is 0.462 e. The van der Waals surface area contributed by atoms with Gasteiger partial charge in [0.25, 0.3) is 5.91 Å². The Morgan fingerprint density at radius 2 is 1.86 bits per heavy atom. The van der Waals surface area contributed by atoms with Gasteiger partial charge in [-0.2, -0.15) is 9.78 Å². The van der Waals surface area contributed by atoms with E-state index in [9.17, 15) is 14.4 Å². The fourth-order valence-corrected chi connectivity index (χ4v) is 3.65. The van der Waals surface area contributed by atoms with Crippen molar-refractivity contribution in [2.75, 3.05) is 17.2 Å². The first-order valence-corrected chi connectivity index (χ1v) is 11.0. The molecular weight excluding hydrogens is 448 g/mol. The van der Waals surface area contributed by atoms with E-state index < -0.39 is 11.9 Å². The molecule has 0 radical (unpaired) electrons. The van der Waals surface area contributed by atoms with Gasteiger partial charge in [0, 0.05) is 24.1 Å². The third-order valence-corrected chi connectivity index (χ3v) is 5.27. The van der Waals surface area contributed by atoms with E-state index in [1.54, 1.807) is 6.92 Å². The van der Waals surface area contributed by atoms with Crippen LogP contribution in [0.15, 0.2) is 48.8 Å². The Morgan fingerprint density at radius 3 is 2.60 bits per heavy atom. The van der Waals surface area contributed by atoms with Gasteiger partial charge in [0.2, 0.25) is 5.91 Å². The predicted molar refractivity (Wildman–Crippen MR) is 131 cm³/mol. The Bertz CT molecular complexity index is 1460. The zero-order valence-corrected chi connectivity index (χ0v) is 19.7. The topological polar surface area (TPSA) is 128 Å². The number of esters is 1. The number of carbonyl (C=O) groups is 3. The zero-order valence-electron chi connectivity index (χ0n) is 19.7. The summed E-state index contributed by atoms with van der Waals surface area (Å²) in [6.07, 6.45) is 2.74. The molecule has 0 bridgehead atoms. The standard InChI is InChI=1S/C25H24N6O4/c1-5-35-25(34)19-13-27-31(21-11-15(3)18-8-6-7-14(2)22(18)29-21)23(19)30-24(33)17-9-10-26-20(12-17)28-16(4)32/h6-13H,5H2,1-4H3,(H,30,33)(H,26,28,32). The van der Waals surface area contributed by atoms with Crippen LogP contribution in [0.4, 0.5) is 11.6 Å². The molecular formula is C25H24N6O4. The molecule has 0 unspecified atom stereocenters. The number of hydrogen-bond acceptors (Lipinski definition) is 7. The number of carbonyl (C=O) groups excluding carboxylic acids is 3. The van der Waals surface area contributed by atoms with E-state index in [0.717, 1.165) is 22.0 Å². The fourth-order valence-electron chi connectivity index (χ4n) is 3.65. The molecule has 4 rings (SSSR count). The smallest absolute Gasteiger partial charge is 0.343 e. The highest BCUT2D eigenvalue weighted by Gasteiger charge is 2.23. The third kappa shape index (κ3) is 4.86. The molecule has 10 nitrogen and oxygen atoms in total. The summed E-state index contributed by atoms with van der Waals surface area (Å²) in [7, 11) is 0. The van der Waals surface area contributed by atoms with Gasteiger partial charge in [0.05, 0.1) is 18.3 Å². The Labute approximate surface area is 201 Å². The minimum absolute atomic E-state index is 0.0840. The number of fused-ring (bicyclic) bond motifs is 1. The second-order valence-corrected chi connectivity index (χ2v) is 7.87. The van der Waals surface area contributed by atoms with Gasteiger partial charge in [-0.15, -0.1) is 0 Å². The maximum Gasteiger partial charge on any atom is 0.343 e. The molecule has 178 valence electrons. The lowest BCUT2D eigenvalue weighted by molar-refractivity contribution is -0.114. The highest BCUT2D eigenvalue weighted by Crippen LogP contribution is 2.26. The van der Waals surface area contributed by atoms with Crippen molar-refractivity contribution < 1.29 is 19.1 Å². The number of anilines is 2. The van der Waals surface area contributed by atoms with Crippen LogP contribution in [-0.2, 0) is 9.53 Å². The average molecular weight is 473 g/mol. The minimum atomic E-state index is -0.628. The molecule has 2 N–H and O–H groups in total. The Kier molecular flexibility index (Phi) is 6.54. The molecule has 1 aromatic carbocycles. The SMILES string of the molecule is CCOC(=O)c1cnn(-c2cc(C)c3cccc(C)c3n2)c1NC(=O)c1ccnc(NC(C)=O)c1. The monoisotopic (exact) mass is 472 g/mol. The first-order chi connectivity index (χ1) is 16.8. The van der Waals surface area contributed by atoms with Crippen molar-refractivity contribution in [2.45, 2.75) is 27.7 Å². The van der Waals surface area contributed by atoms with Crippen LogP contribution in [0.3, 0.4) is 0 Å². The molecule has 2 amide bonds. The van der Waals surface area contributed by atoms with Crippen LogP contribution < -0.4 is 10.6 Å². The number of rotatable bonds is 6. The number of pyridine rings is 2. The van der Waals surface area contributed by atoms with E-state index in [2.05, 4.69) is 20.7 Å². The highest BCUT2D eigenvalue weighted by molar-refractivity contribution is 6.08. The maximum atomic E-state index is 13.1. The van der Waals surface area contributed by atoms with Crippen molar-refractivity contribution in [1.82, 2.24) is 19.7 Å². The number of para-hydroxylation sites is 1. The molecule has 3 heterocycles. The van der Waals surface area contributed by atoms with E-state index in [1.165, 1.54) is 36.1 Å². The number of aromatic nitrogens is 4. The third-order valence-electron chi connectivity index (χ3n) is 5.27. The number of hydrogen-bond donors (Lipinski definition) is 2. The van der Waals surface area contributed by atoms with Gasteiger partial charge in [-0.25, -0.2) is 14.8 Å². The van der Waals surface area contributed by atoms with Crippen LogP contribution in [0.2, 0.25) is 0 Å². The lowest BCUT2D eigenvalue weighted by Gasteiger charge is -2.13. The summed E-state index contributed by atoms with van der Waals surface area (Å²) >= 11 is 0. The van der Waals surface area contributed by atoms with Crippen LogP contribution in [-0.4, -0.2) is 44.1 Å². The van der Waals surface area contributed by atoms with Crippen LogP contribution >= 0.6 is 0 Å². The average Bonchev–Trinajstić information content (AvgIpc) is 3.23. The molecule has 0 saturated heterocycles. The van der Waals surface area contributed by atoms with Crippen LogP contribution in [0.25, 0.3) is 16.7 Å². The summed E-state index contributed by atoms with van der Waals surface area (Å²) in [4.78, 5) is 45.9. The van der Waals surface area contributed by atoms with E-state index in [-0.39, 0.29) is 35.3 Å². The van der Waals surface area contributed by atoms with Gasteiger partial charge in [-0.05, 0) is 50.1 Å². The molecule has 0 atom stereocenters. The van der Waals surface area contributed by atoms with E-state index in [1.807, 2.05) is 38.1 Å². The summed E-state index contributed by atoms with van der Waals surface area (Å²) < 4.78 is 6.56. The quantitative estimate of drug-likeness (QED) is 0.408. The lowest BCUT2D eigenvalue weighted by atomic mass is 10.1. The second-order valence-electron chi connectivity index (χ2n) is 7.87. The summed E-state index contributed by atoms with van der Waals surface area (Å²) in [6.45, 7) is 7.12. The molecule has 0 saturated carbocycles. The van der Waals surface area contributed by atoms with Gasteiger partial charge < -0.3 is 15.4 Å². The normalized spacial score (nSPS) is 10.7. The van der Waals surface area contributed by atoms with Crippen molar-refractivity contribution in [3.8, 4) is 5.82 Å². The van der Waals surface area contributed by atoms with E-state index >= 15 is 0 Å². The van der Waals surface area contributed by atoms with Crippen molar-refractivity contribution in [3.05, 3.63) is 71.0 Å². The molecule has 3 aromatic heterocycles. The molecule has 10 heteroatoms. The van der Waals surface area contributed by atoms with Crippen LogP contribution in [0, 0.1) is 13.8 Å². The van der Waals surface area contributed by atoms with Crippen molar-refractivity contribution in [1.29, 1.82) is 0 Å². The molecule has 0 spiro atoms. The maximum absolute atomic E-state index is 13.1. The number of nitrogens with one attached hydrogen (secondary N) is 2. The fraction of sp³-hybridized carbons (Fsp3) is 0.200. The number of amides is 2. The van der Waals surface area contributed by atoms with E-state index in [4.69, 9.17) is 9.72 Å². The number of aryl methyl sites for hydroxylation is 2. The Balaban J connectivity index is 1.79. The van der Waals surface area contributed by atoms with Crippen molar-refractivity contribution in [2.24, 2.45) is 0 Å². The first-order valence-electron chi connectivity index (χ1n) is 11.0. The molecule has 0 aliphatic carbocycles. The van der Waals surface area contributed by atoms with Crippen LogP contribution in [0.5, 0.6) is 0 Å². The number of benzene rings is 1. The number of ether oxygens (including phenoxy) is 1. The van der Waals surface area contributed by atoms with Crippen LogP contribution in [0.1, 0.15) is 45.7 Å². The van der Waals surface area contributed by atoms with E-state index in [0.29, 0.717) is 5.82 Å². The van der Waals surface area contributed by atoms with Crippen molar-refractivity contribution >= 4 is 40.3 Å². The molecule has 0 aliphatic heterocycles. The van der Waals surface area contributed by atoms with Gasteiger partial charge in [0.1, 0.15) is 11.4 Å². The van der Waals surface area contributed by atoms with Gasteiger partial charge >= 0.3 is 5.97 Å². The van der Waals surface area contributed by atoms with Gasteiger partial charge in [-0.3, -0.25) is 9.59 Å². The number of nitrogens with zero attached hydrogens (tertiary/aromatic N) is 4. The molecule has 0 aliphatic rings. The molecule has 35 heavy (non-hydrogen) atoms. The lowest BCUT2D eigenvalue weighted by Crippen LogP contribution is -2.19. The summed E-state index contributed by atoms with van der Waals surface area (Å²) in [6, 6.07) is 10.7. The van der Waals surface area contributed by atoms with Gasteiger partial charge in [0.15, 0.2) is 11.6 Å². The Morgan fingerprint density at radius 1 is 1.06 bits per heavy atom. The summed E-state index contributed by atoms with van der Waals surface area (Å²) in [5, 5.41) is 10.6. The zero-order chi connectivity index (χ0) is 25.1. The minimum Gasteiger partial charge on any atom is -0.462 e. The predicted octanol–water partition coefficient (Wildman–Crippen LogP) is 3.82. The highest BCUT2D eigenvalue weighted by atomic mass is 16.5. The summed E-state index contributed by atoms with van der Waals surface area (Å²) in [5.41, 5.74) is 3.05. The Hall–Kier alpha value is -4.60. The second kappa shape index (κ2) is 9.72.